The molecule has 0 fully saturated rings. The van der Waals surface area contributed by atoms with E-state index in [2.05, 4.69) is 4.98 Å². The van der Waals surface area contributed by atoms with E-state index in [4.69, 9.17) is 4.42 Å². The van der Waals surface area contributed by atoms with Crippen LogP contribution in [-0.2, 0) is 11.2 Å². The first kappa shape index (κ1) is 18.1. The molecule has 130 valence electrons. The summed E-state index contributed by atoms with van der Waals surface area (Å²) in [6.07, 6.45) is 2.02. The van der Waals surface area contributed by atoms with Gasteiger partial charge in [0.15, 0.2) is 11.7 Å². The van der Waals surface area contributed by atoms with Gasteiger partial charge in [-0.05, 0) is 32.9 Å². The maximum Gasteiger partial charge on any atom is 0.223 e. The molecular weight excluding hydrogens is 311 g/mol. The summed E-state index contributed by atoms with van der Waals surface area (Å²) >= 11 is 0. The minimum Gasteiger partial charge on any atom is -0.441 e. The fourth-order valence-electron chi connectivity index (χ4n) is 2.43. The highest BCUT2D eigenvalue weighted by molar-refractivity contribution is 5.76. The standard InChI is InChI=1S/C18H23FN2O3/c1-4-21(12-18(2,3)23)17(22)10-9-16-20-11-15(24-16)13-7-5-6-8-14(13)19/h5-8,11,23H,4,9-10,12H2,1-3H3. The van der Waals surface area contributed by atoms with Crippen LogP contribution in [0.25, 0.3) is 11.3 Å². The third kappa shape index (κ3) is 4.89. The lowest BCUT2D eigenvalue weighted by molar-refractivity contribution is -0.134. The number of aliphatic hydroxyl groups is 1. The van der Waals surface area contributed by atoms with Crippen molar-refractivity contribution in [3.8, 4) is 11.3 Å². The van der Waals surface area contributed by atoms with E-state index in [1.165, 1.54) is 12.3 Å². The van der Waals surface area contributed by atoms with Crippen LogP contribution in [0, 0.1) is 5.82 Å². The van der Waals surface area contributed by atoms with Crippen LogP contribution in [0.15, 0.2) is 34.9 Å². The number of aromatic nitrogens is 1. The van der Waals surface area contributed by atoms with Gasteiger partial charge in [-0.15, -0.1) is 0 Å². The number of carbonyl (C=O) groups is 1. The van der Waals surface area contributed by atoms with Gasteiger partial charge < -0.3 is 14.4 Å². The van der Waals surface area contributed by atoms with Crippen molar-refractivity contribution in [3.63, 3.8) is 0 Å². The molecule has 0 aliphatic carbocycles. The van der Waals surface area contributed by atoms with Crippen molar-refractivity contribution < 1.29 is 18.7 Å². The number of nitrogens with zero attached hydrogens (tertiary/aromatic N) is 2. The molecule has 2 aromatic rings. The molecule has 1 N–H and O–H groups in total. The number of likely N-dealkylation sites (N-methyl/N-ethyl adjacent to an activating group) is 1. The summed E-state index contributed by atoms with van der Waals surface area (Å²) in [6, 6.07) is 6.31. The van der Waals surface area contributed by atoms with Crippen molar-refractivity contribution >= 4 is 5.91 Å². The topological polar surface area (TPSA) is 66.6 Å². The van der Waals surface area contributed by atoms with Crippen molar-refractivity contribution in [1.29, 1.82) is 0 Å². The number of oxazole rings is 1. The summed E-state index contributed by atoms with van der Waals surface area (Å²) in [4.78, 5) is 18.0. The van der Waals surface area contributed by atoms with Crippen molar-refractivity contribution in [2.75, 3.05) is 13.1 Å². The first-order valence-electron chi connectivity index (χ1n) is 8.00. The van der Waals surface area contributed by atoms with Crippen LogP contribution < -0.4 is 0 Å². The molecule has 24 heavy (non-hydrogen) atoms. The van der Waals surface area contributed by atoms with Crippen molar-refractivity contribution in [1.82, 2.24) is 9.88 Å². The number of benzene rings is 1. The Kier molecular flexibility index (Phi) is 5.72. The maximum absolute atomic E-state index is 13.7. The Labute approximate surface area is 141 Å². The number of hydrogen-bond acceptors (Lipinski definition) is 4. The smallest absolute Gasteiger partial charge is 0.223 e. The number of rotatable bonds is 7. The summed E-state index contributed by atoms with van der Waals surface area (Å²) in [7, 11) is 0. The summed E-state index contributed by atoms with van der Waals surface area (Å²) in [5.74, 6) is 0.282. The molecule has 0 saturated heterocycles. The molecule has 2 rings (SSSR count). The zero-order chi connectivity index (χ0) is 17.7. The Morgan fingerprint density at radius 1 is 1.38 bits per heavy atom. The van der Waals surface area contributed by atoms with E-state index in [9.17, 15) is 14.3 Å². The number of amides is 1. The Hall–Kier alpha value is -2.21. The quantitative estimate of drug-likeness (QED) is 0.845. The molecule has 1 amide bonds. The molecular formula is C18H23FN2O3. The first-order valence-corrected chi connectivity index (χ1v) is 8.00. The van der Waals surface area contributed by atoms with Gasteiger partial charge in [0, 0.05) is 25.9 Å². The Morgan fingerprint density at radius 3 is 2.71 bits per heavy atom. The van der Waals surface area contributed by atoms with Gasteiger partial charge in [0.25, 0.3) is 0 Å². The zero-order valence-corrected chi connectivity index (χ0v) is 14.3. The largest absolute Gasteiger partial charge is 0.441 e. The summed E-state index contributed by atoms with van der Waals surface area (Å²) in [5.41, 5.74) is -0.591. The maximum atomic E-state index is 13.7. The lowest BCUT2D eigenvalue weighted by Crippen LogP contribution is -2.42. The van der Waals surface area contributed by atoms with Crippen molar-refractivity contribution in [3.05, 3.63) is 42.2 Å². The van der Waals surface area contributed by atoms with Crippen LogP contribution in [0.5, 0.6) is 0 Å². The van der Waals surface area contributed by atoms with Crippen LogP contribution in [0.1, 0.15) is 33.1 Å². The predicted octanol–water partition coefficient (Wildman–Crippen LogP) is 3.03. The normalized spacial score (nSPS) is 11.5. The first-order chi connectivity index (χ1) is 11.3. The molecule has 1 aromatic carbocycles. The van der Waals surface area contributed by atoms with Crippen LogP contribution in [0.2, 0.25) is 0 Å². The second-order valence-corrected chi connectivity index (χ2v) is 6.32. The van der Waals surface area contributed by atoms with E-state index in [0.717, 1.165) is 0 Å². The van der Waals surface area contributed by atoms with Gasteiger partial charge in [-0.2, -0.15) is 0 Å². The third-order valence-corrected chi connectivity index (χ3v) is 3.56. The van der Waals surface area contributed by atoms with Gasteiger partial charge in [0.1, 0.15) is 5.82 Å². The molecule has 1 heterocycles. The Balaban J connectivity index is 1.98. The van der Waals surface area contributed by atoms with E-state index in [1.54, 1.807) is 36.9 Å². The van der Waals surface area contributed by atoms with Gasteiger partial charge in [-0.1, -0.05) is 12.1 Å². The lowest BCUT2D eigenvalue weighted by Gasteiger charge is -2.28. The van der Waals surface area contributed by atoms with E-state index in [0.29, 0.717) is 30.2 Å². The highest BCUT2D eigenvalue weighted by Gasteiger charge is 2.21. The van der Waals surface area contributed by atoms with Gasteiger partial charge in [-0.3, -0.25) is 4.79 Å². The molecule has 0 spiro atoms. The molecule has 0 aliphatic rings. The van der Waals surface area contributed by atoms with Gasteiger partial charge >= 0.3 is 0 Å². The average molecular weight is 334 g/mol. The van der Waals surface area contributed by atoms with Crippen LogP contribution >= 0.6 is 0 Å². The van der Waals surface area contributed by atoms with E-state index >= 15 is 0 Å². The summed E-state index contributed by atoms with van der Waals surface area (Å²) in [5, 5.41) is 9.85. The zero-order valence-electron chi connectivity index (χ0n) is 14.3. The summed E-state index contributed by atoms with van der Waals surface area (Å²) in [6.45, 7) is 5.99. The minimum absolute atomic E-state index is 0.0785. The van der Waals surface area contributed by atoms with Gasteiger partial charge in [0.05, 0.1) is 17.4 Å². The predicted molar refractivity (Wildman–Crippen MR) is 88.8 cm³/mol. The number of halogens is 1. The van der Waals surface area contributed by atoms with Gasteiger partial charge in [-0.25, -0.2) is 9.37 Å². The number of carbonyl (C=O) groups excluding carboxylic acids is 1. The third-order valence-electron chi connectivity index (χ3n) is 3.56. The monoisotopic (exact) mass is 334 g/mol. The van der Waals surface area contributed by atoms with Crippen LogP contribution in [0.3, 0.4) is 0 Å². The Bertz CT molecular complexity index is 692. The Morgan fingerprint density at radius 2 is 2.08 bits per heavy atom. The molecule has 0 radical (unpaired) electrons. The fourth-order valence-corrected chi connectivity index (χ4v) is 2.43. The molecule has 0 aliphatic heterocycles. The van der Waals surface area contributed by atoms with E-state index in [1.807, 2.05) is 6.92 Å². The molecule has 5 nitrogen and oxygen atoms in total. The van der Waals surface area contributed by atoms with Crippen LogP contribution in [0.4, 0.5) is 4.39 Å². The fraction of sp³-hybridized carbons (Fsp3) is 0.444. The summed E-state index contributed by atoms with van der Waals surface area (Å²) < 4.78 is 19.3. The SMILES string of the molecule is CCN(CC(C)(C)O)C(=O)CCc1ncc(-c2ccccc2F)o1. The second kappa shape index (κ2) is 7.57. The second-order valence-electron chi connectivity index (χ2n) is 6.32. The molecule has 0 atom stereocenters. The molecule has 1 aromatic heterocycles. The van der Waals surface area contributed by atoms with Crippen LogP contribution in [-0.4, -0.2) is 39.6 Å². The van der Waals surface area contributed by atoms with Crippen molar-refractivity contribution in [2.24, 2.45) is 0 Å². The highest BCUT2D eigenvalue weighted by Crippen LogP contribution is 2.23. The molecule has 0 unspecified atom stereocenters. The highest BCUT2D eigenvalue weighted by atomic mass is 19.1. The number of hydrogen-bond donors (Lipinski definition) is 1. The average Bonchev–Trinajstić information content (AvgIpc) is 2.98. The molecule has 0 bridgehead atoms. The minimum atomic E-state index is -0.938. The van der Waals surface area contributed by atoms with Gasteiger partial charge in [0.2, 0.25) is 5.91 Å². The molecule has 6 heteroatoms. The molecule has 0 saturated carbocycles. The van der Waals surface area contributed by atoms with E-state index < -0.39 is 5.60 Å². The lowest BCUT2D eigenvalue weighted by atomic mass is 10.1. The number of aryl methyl sites for hydroxylation is 1. The van der Waals surface area contributed by atoms with E-state index in [-0.39, 0.29) is 24.7 Å². The van der Waals surface area contributed by atoms with Crippen molar-refractivity contribution in [2.45, 2.75) is 39.2 Å².